The van der Waals surface area contributed by atoms with Gasteiger partial charge in [-0.3, -0.25) is 0 Å². The average molecular weight is 411 g/mol. The van der Waals surface area contributed by atoms with E-state index < -0.39 is 11.5 Å². The molecule has 2 aromatic rings. The molecule has 2 aliphatic heterocycles. The van der Waals surface area contributed by atoms with Crippen molar-refractivity contribution in [1.82, 2.24) is 4.98 Å². The fraction of sp³-hybridized carbons (Fsp3) is 0.478. The van der Waals surface area contributed by atoms with E-state index in [9.17, 15) is 4.39 Å². The molecule has 1 aromatic heterocycles. The summed E-state index contributed by atoms with van der Waals surface area (Å²) in [5.41, 5.74) is 7.39. The zero-order valence-electron chi connectivity index (χ0n) is 17.2. The minimum absolute atomic E-state index is 0.0174. The van der Waals surface area contributed by atoms with Crippen molar-refractivity contribution >= 4 is 6.02 Å². The molecule has 3 heterocycles. The number of hydrogen-bond donors (Lipinski definition) is 1. The highest BCUT2D eigenvalue weighted by Gasteiger charge is 2.55. The lowest BCUT2D eigenvalue weighted by atomic mass is 9.67. The predicted molar refractivity (Wildman–Crippen MR) is 111 cm³/mol. The molecule has 1 saturated carbocycles. The SMILES string of the molecule is CC(C)O[C@H]1CCC2Oc3ccc(-c4cccnc4F)cc3C3(COC(N)=N3)[C@H]2C1. The van der Waals surface area contributed by atoms with E-state index in [0.717, 1.165) is 36.1 Å². The van der Waals surface area contributed by atoms with Crippen LogP contribution in [0.3, 0.4) is 0 Å². The third-order valence-electron chi connectivity index (χ3n) is 6.36. The molecule has 1 aromatic carbocycles. The molecule has 158 valence electrons. The molecule has 0 radical (unpaired) electrons. The monoisotopic (exact) mass is 411 g/mol. The van der Waals surface area contributed by atoms with Gasteiger partial charge in [0.15, 0.2) is 0 Å². The van der Waals surface area contributed by atoms with Crippen LogP contribution >= 0.6 is 0 Å². The van der Waals surface area contributed by atoms with Crippen molar-refractivity contribution in [2.75, 3.05) is 6.61 Å². The third kappa shape index (κ3) is 3.12. The normalized spacial score (nSPS) is 29.7. The lowest BCUT2D eigenvalue weighted by molar-refractivity contribution is -0.0791. The minimum atomic E-state index is -0.657. The van der Waals surface area contributed by atoms with Gasteiger partial charge in [0.05, 0.1) is 12.2 Å². The molecule has 0 amide bonds. The summed E-state index contributed by atoms with van der Waals surface area (Å²) in [6, 6.07) is 9.35. The van der Waals surface area contributed by atoms with Gasteiger partial charge in [-0.2, -0.15) is 4.39 Å². The Kier molecular flexibility index (Phi) is 4.65. The van der Waals surface area contributed by atoms with Crippen LogP contribution in [-0.2, 0) is 15.0 Å². The van der Waals surface area contributed by atoms with Gasteiger partial charge < -0.3 is 19.9 Å². The van der Waals surface area contributed by atoms with Crippen LogP contribution in [-0.4, -0.2) is 35.9 Å². The maximum atomic E-state index is 14.3. The van der Waals surface area contributed by atoms with Gasteiger partial charge in [-0.15, -0.1) is 0 Å². The lowest BCUT2D eigenvalue weighted by Crippen LogP contribution is -2.52. The van der Waals surface area contributed by atoms with Crippen molar-refractivity contribution in [2.45, 2.75) is 57.0 Å². The van der Waals surface area contributed by atoms with E-state index in [1.165, 1.54) is 6.20 Å². The molecular weight excluding hydrogens is 385 g/mol. The topological polar surface area (TPSA) is 79.0 Å². The van der Waals surface area contributed by atoms with Crippen LogP contribution in [0.15, 0.2) is 41.5 Å². The molecular formula is C23H26FN3O3. The molecule has 0 bridgehead atoms. The number of pyridine rings is 1. The van der Waals surface area contributed by atoms with Crippen molar-refractivity contribution in [3.05, 3.63) is 48.0 Å². The van der Waals surface area contributed by atoms with Crippen LogP contribution in [0.2, 0.25) is 0 Å². The Morgan fingerprint density at radius 3 is 2.87 bits per heavy atom. The zero-order valence-corrected chi connectivity index (χ0v) is 17.2. The smallest absolute Gasteiger partial charge is 0.283 e. The number of aliphatic imine (C=N–C) groups is 1. The van der Waals surface area contributed by atoms with Gasteiger partial charge in [0.2, 0.25) is 5.95 Å². The molecule has 1 aliphatic carbocycles. The first-order valence-corrected chi connectivity index (χ1v) is 10.5. The summed E-state index contributed by atoms with van der Waals surface area (Å²) in [7, 11) is 0. The maximum Gasteiger partial charge on any atom is 0.283 e. The van der Waals surface area contributed by atoms with E-state index >= 15 is 0 Å². The quantitative estimate of drug-likeness (QED) is 0.778. The van der Waals surface area contributed by atoms with E-state index in [2.05, 4.69) is 18.8 Å². The fourth-order valence-electron chi connectivity index (χ4n) is 5.13. The van der Waals surface area contributed by atoms with Crippen molar-refractivity contribution in [2.24, 2.45) is 16.6 Å². The highest BCUT2D eigenvalue weighted by Crippen LogP contribution is 2.53. The van der Waals surface area contributed by atoms with Crippen LogP contribution in [0.5, 0.6) is 5.75 Å². The molecule has 2 unspecified atom stereocenters. The number of aromatic nitrogens is 1. The van der Waals surface area contributed by atoms with Gasteiger partial charge >= 0.3 is 0 Å². The number of nitrogens with two attached hydrogens (primary N) is 1. The maximum absolute atomic E-state index is 14.3. The number of nitrogens with zero attached hydrogens (tertiary/aromatic N) is 2. The Balaban J connectivity index is 1.60. The molecule has 5 rings (SSSR count). The first-order valence-electron chi connectivity index (χ1n) is 10.5. The second-order valence-corrected chi connectivity index (χ2v) is 8.60. The van der Waals surface area contributed by atoms with Crippen LogP contribution in [0.1, 0.15) is 38.7 Å². The summed E-state index contributed by atoms with van der Waals surface area (Å²) in [4.78, 5) is 8.59. The summed E-state index contributed by atoms with van der Waals surface area (Å²) in [5.74, 6) is 0.321. The van der Waals surface area contributed by atoms with Gasteiger partial charge in [-0.25, -0.2) is 9.98 Å². The molecule has 30 heavy (non-hydrogen) atoms. The Labute approximate surface area is 175 Å². The zero-order chi connectivity index (χ0) is 20.9. The van der Waals surface area contributed by atoms with Gasteiger partial charge in [-0.05, 0) is 62.9 Å². The molecule has 2 N–H and O–H groups in total. The van der Waals surface area contributed by atoms with E-state index in [1.54, 1.807) is 12.1 Å². The number of amidine groups is 1. The molecule has 6 nitrogen and oxygen atoms in total. The highest BCUT2D eigenvalue weighted by atomic mass is 19.1. The predicted octanol–water partition coefficient (Wildman–Crippen LogP) is 3.78. The molecule has 4 atom stereocenters. The van der Waals surface area contributed by atoms with Crippen molar-refractivity contribution in [3.8, 4) is 16.9 Å². The number of fused-ring (bicyclic) bond motifs is 4. The van der Waals surface area contributed by atoms with Crippen LogP contribution < -0.4 is 10.5 Å². The highest BCUT2D eigenvalue weighted by molar-refractivity contribution is 5.75. The average Bonchev–Trinajstić information content (AvgIpc) is 3.11. The van der Waals surface area contributed by atoms with Crippen LogP contribution in [0.4, 0.5) is 4.39 Å². The fourth-order valence-corrected chi connectivity index (χ4v) is 5.13. The standard InChI is InChI=1S/C23H26FN3O3/c1-13(2)29-15-6-8-20-18(11-15)23(12-28-22(25)27-23)17-10-14(5-7-19(17)30-20)16-4-3-9-26-21(16)24/h3-5,7,9-10,13,15,18,20H,6,8,11-12H2,1-2H3,(H2,25,27)/t15-,18-,20?,23?/m0/s1. The second-order valence-electron chi connectivity index (χ2n) is 8.60. The third-order valence-corrected chi connectivity index (χ3v) is 6.36. The second kappa shape index (κ2) is 7.23. The van der Waals surface area contributed by atoms with Gasteiger partial charge in [-0.1, -0.05) is 6.07 Å². The number of halogens is 1. The minimum Gasteiger partial charge on any atom is -0.490 e. The van der Waals surface area contributed by atoms with Crippen molar-refractivity contribution < 1.29 is 18.6 Å². The first-order chi connectivity index (χ1) is 14.5. The van der Waals surface area contributed by atoms with Crippen molar-refractivity contribution in [3.63, 3.8) is 0 Å². The van der Waals surface area contributed by atoms with E-state index in [1.807, 2.05) is 18.2 Å². The van der Waals surface area contributed by atoms with Crippen LogP contribution in [0, 0.1) is 11.9 Å². The van der Waals surface area contributed by atoms with Crippen LogP contribution in [0.25, 0.3) is 11.1 Å². The molecule has 3 aliphatic rings. The Morgan fingerprint density at radius 1 is 1.27 bits per heavy atom. The summed E-state index contributed by atoms with van der Waals surface area (Å²) < 4.78 is 32.6. The lowest BCUT2D eigenvalue weighted by Gasteiger charge is -2.48. The molecule has 1 fully saturated rings. The van der Waals surface area contributed by atoms with E-state index in [4.69, 9.17) is 24.9 Å². The van der Waals surface area contributed by atoms with Crippen molar-refractivity contribution in [1.29, 1.82) is 0 Å². The summed E-state index contributed by atoms with van der Waals surface area (Å²) in [6.07, 6.45) is 4.41. The summed E-state index contributed by atoms with van der Waals surface area (Å²) in [6.45, 7) is 4.46. The summed E-state index contributed by atoms with van der Waals surface area (Å²) in [5, 5.41) is 0. The van der Waals surface area contributed by atoms with Gasteiger partial charge in [0, 0.05) is 23.2 Å². The Morgan fingerprint density at radius 2 is 2.13 bits per heavy atom. The summed E-state index contributed by atoms with van der Waals surface area (Å²) >= 11 is 0. The van der Waals surface area contributed by atoms with E-state index in [-0.39, 0.29) is 30.3 Å². The number of rotatable bonds is 3. The first kappa shape index (κ1) is 19.3. The molecule has 7 heteroatoms. The molecule has 1 spiro atoms. The Hall–Kier alpha value is -2.67. The van der Waals surface area contributed by atoms with Gasteiger partial charge in [0.25, 0.3) is 6.02 Å². The van der Waals surface area contributed by atoms with Gasteiger partial charge in [0.1, 0.15) is 24.0 Å². The Bertz CT molecular complexity index is 995. The number of hydrogen-bond acceptors (Lipinski definition) is 6. The number of benzene rings is 1. The molecule has 0 saturated heterocycles. The van der Waals surface area contributed by atoms with E-state index in [0.29, 0.717) is 12.2 Å². The largest absolute Gasteiger partial charge is 0.490 e. The number of ether oxygens (including phenoxy) is 3.